The van der Waals surface area contributed by atoms with E-state index in [0.29, 0.717) is 23.3 Å². The van der Waals surface area contributed by atoms with Gasteiger partial charge in [0.2, 0.25) is 0 Å². The first-order chi connectivity index (χ1) is 11.7. The summed E-state index contributed by atoms with van der Waals surface area (Å²) in [6.45, 7) is 3.07. The molecule has 2 rings (SSSR count). The maximum Gasteiger partial charge on any atom is 0.310 e. The molecule has 0 heterocycles. The molecule has 2 aromatic rings. The molecule has 2 aromatic carbocycles. The van der Waals surface area contributed by atoms with Gasteiger partial charge in [0, 0.05) is 23.3 Å². The van der Waals surface area contributed by atoms with Crippen molar-refractivity contribution in [3.63, 3.8) is 0 Å². The van der Waals surface area contributed by atoms with Gasteiger partial charge in [-0.15, -0.1) is 0 Å². The third-order valence-corrected chi connectivity index (χ3v) is 3.63. The van der Waals surface area contributed by atoms with Gasteiger partial charge in [-0.3, -0.25) is 14.9 Å². The topological polar surface area (TPSA) is 69.4 Å². The summed E-state index contributed by atoms with van der Waals surface area (Å²) in [6.07, 6.45) is -1.43. The molecule has 0 N–H and O–H groups in total. The first-order valence-electron chi connectivity index (χ1n) is 7.27. The van der Waals surface area contributed by atoms with E-state index in [0.717, 1.165) is 0 Å². The number of esters is 1. The van der Waals surface area contributed by atoms with Crippen molar-refractivity contribution in [2.45, 2.75) is 26.4 Å². The Bertz CT molecular complexity index is 839. The first kappa shape index (κ1) is 18.4. The Hall–Kier alpha value is -2.90. The molecule has 25 heavy (non-hydrogen) atoms. The Labute approximate surface area is 141 Å². The molecule has 0 fully saturated rings. The van der Waals surface area contributed by atoms with Crippen LogP contribution in [-0.4, -0.2) is 10.9 Å². The summed E-state index contributed by atoms with van der Waals surface area (Å²) in [6, 6.07) is 5.31. The Morgan fingerprint density at radius 2 is 1.80 bits per heavy atom. The van der Waals surface area contributed by atoms with E-state index in [1.807, 2.05) is 0 Å². The summed E-state index contributed by atoms with van der Waals surface area (Å²) in [5, 5.41) is 10.9. The second-order valence-electron chi connectivity index (χ2n) is 5.47. The van der Waals surface area contributed by atoms with Gasteiger partial charge in [-0.1, -0.05) is 12.1 Å². The molecular weight excluding hydrogens is 339 g/mol. The smallest absolute Gasteiger partial charge is 0.310 e. The number of ether oxygens (including phenoxy) is 1. The number of nitrogens with zero attached hydrogens (tertiary/aromatic N) is 1. The minimum atomic E-state index is -1.35. The number of nitro groups is 1. The summed E-state index contributed by atoms with van der Waals surface area (Å²) < 4.78 is 44.7. The Balaban J connectivity index is 2.12. The summed E-state index contributed by atoms with van der Waals surface area (Å²) in [5.41, 5.74) is 0.380. The molecule has 0 bridgehead atoms. The average molecular weight is 353 g/mol. The lowest BCUT2D eigenvalue weighted by atomic mass is 10.1. The molecule has 1 atom stereocenters. The number of hydrogen-bond donors (Lipinski definition) is 0. The van der Waals surface area contributed by atoms with Gasteiger partial charge in [-0.25, -0.2) is 13.2 Å². The van der Waals surface area contributed by atoms with E-state index >= 15 is 0 Å². The maximum atomic E-state index is 13.5. The largest absolute Gasteiger partial charge is 0.458 e. The number of carbonyl (C=O) groups excluding carboxylic acids is 1. The predicted molar refractivity (Wildman–Crippen MR) is 82.4 cm³/mol. The molecule has 0 aliphatic heterocycles. The van der Waals surface area contributed by atoms with Crippen LogP contribution in [0.4, 0.5) is 18.9 Å². The highest BCUT2D eigenvalue weighted by Crippen LogP contribution is 2.25. The molecule has 0 radical (unpaired) electrons. The van der Waals surface area contributed by atoms with Gasteiger partial charge < -0.3 is 4.74 Å². The minimum Gasteiger partial charge on any atom is -0.458 e. The molecule has 8 heteroatoms. The van der Waals surface area contributed by atoms with Crippen LogP contribution in [0.3, 0.4) is 0 Å². The van der Waals surface area contributed by atoms with Gasteiger partial charge in [0.05, 0.1) is 11.3 Å². The second-order valence-corrected chi connectivity index (χ2v) is 5.47. The van der Waals surface area contributed by atoms with E-state index in [2.05, 4.69) is 0 Å². The van der Waals surface area contributed by atoms with Crippen molar-refractivity contribution in [2.75, 3.05) is 0 Å². The molecule has 0 aliphatic rings. The summed E-state index contributed by atoms with van der Waals surface area (Å²) in [7, 11) is 0. The van der Waals surface area contributed by atoms with Crippen LogP contribution < -0.4 is 0 Å². The zero-order chi connectivity index (χ0) is 18.7. The van der Waals surface area contributed by atoms with Crippen molar-refractivity contribution in [3.8, 4) is 0 Å². The number of hydrogen-bond acceptors (Lipinski definition) is 4. The SMILES string of the molecule is Cc1ccc(C(C)OC(=O)Cc2cc(F)c(F)cc2F)cc1[N+](=O)[O-]. The fraction of sp³-hybridized carbons (Fsp3) is 0.235. The number of benzene rings is 2. The molecule has 0 spiro atoms. The van der Waals surface area contributed by atoms with Crippen molar-refractivity contribution < 1.29 is 27.6 Å². The van der Waals surface area contributed by atoms with Crippen LogP contribution in [0.15, 0.2) is 30.3 Å². The quantitative estimate of drug-likeness (QED) is 0.350. The van der Waals surface area contributed by atoms with E-state index in [9.17, 15) is 28.1 Å². The average Bonchev–Trinajstić information content (AvgIpc) is 2.52. The fourth-order valence-corrected chi connectivity index (χ4v) is 2.24. The van der Waals surface area contributed by atoms with Crippen LogP contribution in [0.25, 0.3) is 0 Å². The van der Waals surface area contributed by atoms with Gasteiger partial charge in [0.1, 0.15) is 11.9 Å². The van der Waals surface area contributed by atoms with Crippen LogP contribution in [0.1, 0.15) is 29.7 Å². The van der Waals surface area contributed by atoms with Crippen LogP contribution in [0, 0.1) is 34.5 Å². The number of aryl methyl sites for hydroxylation is 1. The molecule has 1 unspecified atom stereocenters. The van der Waals surface area contributed by atoms with E-state index in [4.69, 9.17) is 4.74 Å². The number of halogens is 3. The summed E-state index contributed by atoms with van der Waals surface area (Å²) in [4.78, 5) is 22.3. The lowest BCUT2D eigenvalue weighted by molar-refractivity contribution is -0.385. The molecule has 5 nitrogen and oxygen atoms in total. The highest BCUT2D eigenvalue weighted by Gasteiger charge is 2.19. The van der Waals surface area contributed by atoms with E-state index < -0.39 is 40.9 Å². The van der Waals surface area contributed by atoms with Crippen molar-refractivity contribution in [1.82, 2.24) is 0 Å². The summed E-state index contributed by atoms with van der Waals surface area (Å²) in [5.74, 6) is -4.56. The maximum absolute atomic E-state index is 13.5. The molecule has 132 valence electrons. The van der Waals surface area contributed by atoms with Crippen LogP contribution in [0.5, 0.6) is 0 Å². The minimum absolute atomic E-state index is 0.118. The van der Waals surface area contributed by atoms with Crippen molar-refractivity contribution >= 4 is 11.7 Å². The van der Waals surface area contributed by atoms with Crippen molar-refractivity contribution in [3.05, 3.63) is 74.6 Å². The molecule has 0 saturated carbocycles. The van der Waals surface area contributed by atoms with Gasteiger partial charge >= 0.3 is 5.97 Å². The number of nitro benzene ring substituents is 1. The number of carbonyl (C=O) groups is 1. The zero-order valence-corrected chi connectivity index (χ0v) is 13.4. The normalized spacial score (nSPS) is 11.9. The highest BCUT2D eigenvalue weighted by atomic mass is 19.2. The van der Waals surface area contributed by atoms with Gasteiger partial charge in [-0.05, 0) is 25.5 Å². The van der Waals surface area contributed by atoms with E-state index in [1.165, 1.54) is 19.1 Å². The van der Waals surface area contributed by atoms with Crippen LogP contribution in [-0.2, 0) is 16.0 Å². The second kappa shape index (κ2) is 7.33. The fourth-order valence-electron chi connectivity index (χ4n) is 2.24. The molecule has 0 aromatic heterocycles. The monoisotopic (exact) mass is 353 g/mol. The number of rotatable bonds is 5. The van der Waals surface area contributed by atoms with E-state index in [-0.39, 0.29) is 11.3 Å². The lowest BCUT2D eigenvalue weighted by Gasteiger charge is -2.14. The molecular formula is C17H14F3NO4. The standard InChI is InChI=1S/C17H14F3NO4/c1-9-3-4-11(6-16(9)21(23)24)10(2)25-17(22)7-12-5-14(19)15(20)8-13(12)18/h3-6,8,10H,7H2,1-2H3. The van der Waals surface area contributed by atoms with Crippen molar-refractivity contribution in [1.29, 1.82) is 0 Å². The Kier molecular flexibility index (Phi) is 5.41. The zero-order valence-electron chi connectivity index (χ0n) is 13.4. The summed E-state index contributed by atoms with van der Waals surface area (Å²) >= 11 is 0. The van der Waals surface area contributed by atoms with Crippen molar-refractivity contribution in [2.24, 2.45) is 0 Å². The van der Waals surface area contributed by atoms with Gasteiger partial charge in [0.15, 0.2) is 11.6 Å². The van der Waals surface area contributed by atoms with Crippen LogP contribution >= 0.6 is 0 Å². The Morgan fingerprint density at radius 3 is 2.44 bits per heavy atom. The molecule has 0 saturated heterocycles. The van der Waals surface area contributed by atoms with Gasteiger partial charge in [-0.2, -0.15) is 0 Å². The highest BCUT2D eigenvalue weighted by molar-refractivity contribution is 5.73. The molecule has 0 amide bonds. The first-order valence-corrected chi connectivity index (χ1v) is 7.27. The molecule has 0 aliphatic carbocycles. The van der Waals surface area contributed by atoms with E-state index in [1.54, 1.807) is 13.0 Å². The third kappa shape index (κ3) is 4.34. The lowest BCUT2D eigenvalue weighted by Crippen LogP contribution is -2.13. The van der Waals surface area contributed by atoms with Crippen LogP contribution in [0.2, 0.25) is 0 Å². The predicted octanol–water partition coefficient (Wildman–Crippen LogP) is 4.17. The Morgan fingerprint density at radius 1 is 1.16 bits per heavy atom. The van der Waals surface area contributed by atoms with Gasteiger partial charge in [0.25, 0.3) is 5.69 Å². The third-order valence-electron chi connectivity index (χ3n) is 3.63.